The molecular formula is C23H23ClFN5O3S. The third-order valence-electron chi connectivity index (χ3n) is 6.90. The number of aryl methyl sites for hydroxylation is 1. The van der Waals surface area contributed by atoms with E-state index in [2.05, 4.69) is 15.3 Å². The Hall–Kier alpha value is -2.98. The van der Waals surface area contributed by atoms with E-state index in [0.717, 1.165) is 6.42 Å². The maximum atomic E-state index is 14.9. The number of benzene rings is 1. The molecular weight excluding hydrogens is 481 g/mol. The molecule has 1 aromatic carbocycles. The molecule has 34 heavy (non-hydrogen) atoms. The Kier molecular flexibility index (Phi) is 5.04. The lowest BCUT2D eigenvalue weighted by molar-refractivity contribution is 0.102. The SMILES string of the molecule is Cc1c(C(=O)Nc2ccc(F)c(C3(C)CS(=O)(=O)C4(CCC4)C(N)=N3)c2)nc2ccc(Cl)cn12. The molecule has 8 nitrogen and oxygen atoms in total. The van der Waals surface area contributed by atoms with Crippen LogP contribution in [0.4, 0.5) is 10.1 Å². The summed E-state index contributed by atoms with van der Waals surface area (Å²) < 4.78 is 41.7. The molecule has 3 aromatic rings. The van der Waals surface area contributed by atoms with Gasteiger partial charge in [-0.25, -0.2) is 17.8 Å². The molecule has 178 valence electrons. The highest BCUT2D eigenvalue weighted by Crippen LogP contribution is 2.47. The summed E-state index contributed by atoms with van der Waals surface area (Å²) >= 11 is 6.04. The lowest BCUT2D eigenvalue weighted by Crippen LogP contribution is -2.61. The van der Waals surface area contributed by atoms with Crippen molar-refractivity contribution in [2.24, 2.45) is 10.7 Å². The number of amides is 1. The van der Waals surface area contributed by atoms with Crippen molar-refractivity contribution in [2.75, 3.05) is 11.1 Å². The summed E-state index contributed by atoms with van der Waals surface area (Å²) in [6.45, 7) is 3.28. The van der Waals surface area contributed by atoms with Gasteiger partial charge in [0.15, 0.2) is 9.84 Å². The zero-order valence-electron chi connectivity index (χ0n) is 18.6. The van der Waals surface area contributed by atoms with Gasteiger partial charge in [-0.1, -0.05) is 11.6 Å². The maximum Gasteiger partial charge on any atom is 0.276 e. The second kappa shape index (κ2) is 7.51. The van der Waals surface area contributed by atoms with E-state index in [1.165, 1.54) is 18.2 Å². The van der Waals surface area contributed by atoms with Crippen LogP contribution in [0.25, 0.3) is 5.65 Å². The number of nitrogens with zero attached hydrogens (tertiary/aromatic N) is 3. The number of hydrogen-bond acceptors (Lipinski definition) is 6. The summed E-state index contributed by atoms with van der Waals surface area (Å²) in [4.78, 5) is 21.8. The molecule has 11 heteroatoms. The van der Waals surface area contributed by atoms with Crippen LogP contribution in [0.2, 0.25) is 5.02 Å². The van der Waals surface area contributed by atoms with Crippen molar-refractivity contribution in [3.63, 3.8) is 0 Å². The van der Waals surface area contributed by atoms with Gasteiger partial charge in [-0.3, -0.25) is 9.79 Å². The van der Waals surface area contributed by atoms with Gasteiger partial charge in [0, 0.05) is 17.4 Å². The van der Waals surface area contributed by atoms with Crippen LogP contribution in [-0.4, -0.2) is 40.0 Å². The van der Waals surface area contributed by atoms with Crippen LogP contribution in [0.1, 0.15) is 47.9 Å². The lowest BCUT2D eigenvalue weighted by Gasteiger charge is -2.46. The fourth-order valence-electron chi connectivity index (χ4n) is 4.83. The molecule has 3 heterocycles. The second-order valence-electron chi connectivity index (χ2n) is 9.15. The van der Waals surface area contributed by atoms with Crippen LogP contribution in [0.5, 0.6) is 0 Å². The van der Waals surface area contributed by atoms with Gasteiger partial charge in [-0.2, -0.15) is 0 Å². The largest absolute Gasteiger partial charge is 0.386 e. The number of hydrogen-bond donors (Lipinski definition) is 2. The summed E-state index contributed by atoms with van der Waals surface area (Å²) in [5.41, 5.74) is 6.38. The Morgan fingerprint density at radius 3 is 2.65 bits per heavy atom. The van der Waals surface area contributed by atoms with E-state index >= 15 is 0 Å². The number of sulfone groups is 1. The topological polar surface area (TPSA) is 119 Å². The van der Waals surface area contributed by atoms with Gasteiger partial charge in [0.05, 0.1) is 16.5 Å². The van der Waals surface area contributed by atoms with E-state index in [9.17, 15) is 17.6 Å². The first kappa shape index (κ1) is 22.8. The standard InChI is InChI=1S/C23H23ClFN5O3S/c1-13-19(28-18-7-4-14(24)11-30(13)18)20(31)27-15-5-6-17(25)16(10-15)22(2)12-34(32,33)23(8-3-9-23)21(26)29-22/h4-7,10-11H,3,8-9,12H2,1-2H3,(H2,26,29)(H,27,31). The third-order valence-corrected chi connectivity index (χ3v) is 9.88. The first-order valence-corrected chi connectivity index (χ1v) is 12.8. The summed E-state index contributed by atoms with van der Waals surface area (Å²) in [6.07, 6.45) is 3.29. The molecule has 1 unspecified atom stereocenters. The molecule has 1 saturated carbocycles. The average molecular weight is 504 g/mol. The smallest absolute Gasteiger partial charge is 0.276 e. The average Bonchev–Trinajstić information content (AvgIpc) is 3.03. The number of rotatable bonds is 3. The van der Waals surface area contributed by atoms with E-state index < -0.39 is 31.8 Å². The first-order valence-electron chi connectivity index (χ1n) is 10.8. The van der Waals surface area contributed by atoms with Crippen LogP contribution >= 0.6 is 11.6 Å². The van der Waals surface area contributed by atoms with Gasteiger partial charge >= 0.3 is 0 Å². The highest BCUT2D eigenvalue weighted by atomic mass is 35.5. The van der Waals surface area contributed by atoms with Crippen LogP contribution in [-0.2, 0) is 15.4 Å². The van der Waals surface area contributed by atoms with Crippen LogP contribution in [0, 0.1) is 12.7 Å². The molecule has 0 bridgehead atoms. The number of nitrogens with one attached hydrogen (secondary N) is 1. The van der Waals surface area contributed by atoms with Crippen LogP contribution in [0.3, 0.4) is 0 Å². The zero-order valence-corrected chi connectivity index (χ0v) is 20.2. The molecule has 1 fully saturated rings. The number of amidine groups is 1. The minimum Gasteiger partial charge on any atom is -0.386 e. The number of carbonyl (C=O) groups excluding carboxylic acids is 1. The number of halogens is 2. The number of aromatic nitrogens is 2. The van der Waals surface area contributed by atoms with Crippen molar-refractivity contribution in [1.82, 2.24) is 9.38 Å². The fraction of sp³-hybridized carbons (Fsp3) is 0.348. The van der Waals surface area contributed by atoms with Gasteiger partial charge in [0.25, 0.3) is 5.91 Å². The Balaban J connectivity index is 1.49. The highest BCUT2D eigenvalue weighted by Gasteiger charge is 2.58. The Morgan fingerprint density at radius 1 is 1.26 bits per heavy atom. The van der Waals surface area contributed by atoms with Crippen molar-refractivity contribution in [3.05, 3.63) is 64.3 Å². The van der Waals surface area contributed by atoms with Gasteiger partial charge in [0.1, 0.15) is 33.3 Å². The maximum absolute atomic E-state index is 14.9. The van der Waals surface area contributed by atoms with E-state index in [-0.39, 0.29) is 28.5 Å². The van der Waals surface area contributed by atoms with E-state index in [4.69, 9.17) is 17.3 Å². The van der Waals surface area contributed by atoms with Crippen molar-refractivity contribution < 1.29 is 17.6 Å². The number of anilines is 1. The highest BCUT2D eigenvalue weighted by molar-refractivity contribution is 7.93. The van der Waals surface area contributed by atoms with Gasteiger partial charge < -0.3 is 15.5 Å². The summed E-state index contributed by atoms with van der Waals surface area (Å²) in [6, 6.07) is 7.36. The molecule has 1 aliphatic carbocycles. The minimum atomic E-state index is -3.64. The number of nitrogens with two attached hydrogens (primary N) is 1. The lowest BCUT2D eigenvalue weighted by atomic mass is 9.82. The zero-order chi connectivity index (χ0) is 24.5. The summed E-state index contributed by atoms with van der Waals surface area (Å²) in [5.74, 6) is -1.45. The normalized spacial score (nSPS) is 22.9. The summed E-state index contributed by atoms with van der Waals surface area (Å²) in [7, 11) is -3.64. The molecule has 1 amide bonds. The minimum absolute atomic E-state index is 0.0281. The summed E-state index contributed by atoms with van der Waals surface area (Å²) in [5, 5.41) is 3.23. The number of imidazole rings is 1. The van der Waals surface area contributed by atoms with E-state index in [1.807, 2.05) is 0 Å². The van der Waals surface area contributed by atoms with Crippen molar-refractivity contribution in [3.8, 4) is 0 Å². The molecule has 0 radical (unpaired) electrons. The predicted molar refractivity (Wildman–Crippen MR) is 129 cm³/mol. The Morgan fingerprint density at radius 2 is 2.00 bits per heavy atom. The number of aliphatic imine (C=N–C) groups is 1. The Labute approximate surface area is 201 Å². The fourth-order valence-corrected chi connectivity index (χ4v) is 7.50. The molecule has 1 spiro atoms. The number of fused-ring (bicyclic) bond motifs is 1. The van der Waals surface area contributed by atoms with Crippen LogP contribution < -0.4 is 11.1 Å². The first-order chi connectivity index (χ1) is 16.0. The van der Waals surface area contributed by atoms with Crippen molar-refractivity contribution >= 4 is 44.5 Å². The monoisotopic (exact) mass is 503 g/mol. The number of pyridine rings is 1. The predicted octanol–water partition coefficient (Wildman–Crippen LogP) is 3.61. The van der Waals surface area contributed by atoms with Crippen molar-refractivity contribution in [1.29, 1.82) is 0 Å². The number of carbonyl (C=O) groups is 1. The van der Waals surface area contributed by atoms with E-state index in [1.54, 1.807) is 36.6 Å². The molecule has 2 aromatic heterocycles. The molecule has 3 N–H and O–H groups in total. The van der Waals surface area contributed by atoms with E-state index in [0.29, 0.717) is 29.2 Å². The van der Waals surface area contributed by atoms with Gasteiger partial charge in [-0.15, -0.1) is 0 Å². The van der Waals surface area contributed by atoms with Crippen LogP contribution in [0.15, 0.2) is 41.5 Å². The molecule has 5 rings (SSSR count). The molecule has 1 atom stereocenters. The van der Waals surface area contributed by atoms with Gasteiger partial charge in [-0.05, 0) is 63.4 Å². The second-order valence-corrected chi connectivity index (χ2v) is 11.9. The molecule has 0 saturated heterocycles. The third kappa shape index (κ3) is 3.31. The Bertz CT molecular complexity index is 1500. The van der Waals surface area contributed by atoms with Crippen molar-refractivity contribution in [2.45, 2.75) is 43.4 Å². The molecule has 1 aliphatic heterocycles. The molecule has 2 aliphatic rings. The quantitative estimate of drug-likeness (QED) is 0.566. The van der Waals surface area contributed by atoms with Gasteiger partial charge in [0.2, 0.25) is 0 Å².